The number of hydrogen-bond acceptors (Lipinski definition) is 6. The SMILES string of the molecule is NC(=O)CC[C@@H](C(N)=O)N1CCC2(CCCN2C(=O)[C@@H](N)CO)C1=O. The molecule has 10 heteroatoms. The number of nitrogens with two attached hydrogens (primary N) is 3. The van der Waals surface area contributed by atoms with E-state index in [1.54, 1.807) is 0 Å². The summed E-state index contributed by atoms with van der Waals surface area (Å²) in [6.45, 7) is 0.115. The van der Waals surface area contributed by atoms with Crippen LogP contribution in [0, 0.1) is 0 Å². The number of primary amides is 2. The third-order valence-corrected chi connectivity index (χ3v) is 5.06. The number of rotatable bonds is 7. The van der Waals surface area contributed by atoms with Crippen LogP contribution in [0.3, 0.4) is 0 Å². The fourth-order valence-corrected chi connectivity index (χ4v) is 3.77. The van der Waals surface area contributed by atoms with E-state index in [0.29, 0.717) is 25.8 Å². The number of likely N-dealkylation sites (tertiary alicyclic amines) is 2. The topological polar surface area (TPSA) is 173 Å². The van der Waals surface area contributed by atoms with Gasteiger partial charge < -0.3 is 32.1 Å². The Labute approximate surface area is 145 Å². The van der Waals surface area contributed by atoms with Gasteiger partial charge >= 0.3 is 0 Å². The van der Waals surface area contributed by atoms with Gasteiger partial charge in [-0.05, 0) is 25.7 Å². The Kier molecular flexibility index (Phi) is 5.63. The average Bonchev–Trinajstić information content (AvgIpc) is 3.12. The summed E-state index contributed by atoms with van der Waals surface area (Å²) in [5.41, 5.74) is 15.1. The van der Waals surface area contributed by atoms with Crippen LogP contribution in [0.15, 0.2) is 0 Å². The highest BCUT2D eigenvalue weighted by molar-refractivity contribution is 5.97. The van der Waals surface area contributed by atoms with Crippen LogP contribution < -0.4 is 17.2 Å². The van der Waals surface area contributed by atoms with Crippen LogP contribution >= 0.6 is 0 Å². The van der Waals surface area contributed by atoms with Crippen LogP contribution in [0.5, 0.6) is 0 Å². The molecule has 7 N–H and O–H groups in total. The van der Waals surface area contributed by atoms with Crippen LogP contribution in [-0.4, -0.2) is 75.9 Å². The molecular weight excluding hydrogens is 330 g/mol. The lowest BCUT2D eigenvalue weighted by Crippen LogP contribution is -2.58. The van der Waals surface area contributed by atoms with Crippen molar-refractivity contribution in [1.29, 1.82) is 0 Å². The highest BCUT2D eigenvalue weighted by Crippen LogP contribution is 2.40. The third-order valence-electron chi connectivity index (χ3n) is 5.06. The molecule has 0 radical (unpaired) electrons. The van der Waals surface area contributed by atoms with Crippen molar-refractivity contribution in [1.82, 2.24) is 9.80 Å². The number of amides is 4. The number of hydrogen-bond donors (Lipinski definition) is 4. The average molecular weight is 355 g/mol. The van der Waals surface area contributed by atoms with E-state index in [0.717, 1.165) is 0 Å². The Morgan fingerprint density at radius 2 is 1.88 bits per heavy atom. The van der Waals surface area contributed by atoms with Crippen LogP contribution in [0.25, 0.3) is 0 Å². The normalized spacial score (nSPS) is 25.4. The minimum absolute atomic E-state index is 0.0522. The van der Waals surface area contributed by atoms with E-state index in [1.165, 1.54) is 9.80 Å². The van der Waals surface area contributed by atoms with Gasteiger partial charge in [0.2, 0.25) is 23.6 Å². The van der Waals surface area contributed by atoms with Crippen LogP contribution in [0.1, 0.15) is 32.1 Å². The summed E-state index contributed by atoms with van der Waals surface area (Å²) >= 11 is 0. The van der Waals surface area contributed by atoms with Gasteiger partial charge in [0.05, 0.1) is 6.61 Å². The quantitative estimate of drug-likeness (QED) is 0.379. The van der Waals surface area contributed by atoms with Gasteiger partial charge in [-0.1, -0.05) is 0 Å². The highest BCUT2D eigenvalue weighted by atomic mass is 16.3. The van der Waals surface area contributed by atoms with E-state index in [4.69, 9.17) is 22.3 Å². The Balaban J connectivity index is 2.22. The maximum atomic E-state index is 13.1. The predicted octanol–water partition coefficient (Wildman–Crippen LogP) is -2.98. The highest BCUT2D eigenvalue weighted by Gasteiger charge is 2.56. The first-order chi connectivity index (χ1) is 11.7. The number of nitrogens with zero attached hydrogens (tertiary/aromatic N) is 2. The molecule has 0 aromatic heterocycles. The zero-order valence-corrected chi connectivity index (χ0v) is 14.0. The molecule has 4 amide bonds. The molecular formula is C15H25N5O5. The maximum Gasteiger partial charge on any atom is 0.249 e. The summed E-state index contributed by atoms with van der Waals surface area (Å²) in [6, 6.07) is -2.03. The first-order valence-corrected chi connectivity index (χ1v) is 8.31. The second-order valence-electron chi connectivity index (χ2n) is 6.59. The van der Waals surface area contributed by atoms with Crippen molar-refractivity contribution < 1.29 is 24.3 Å². The molecule has 2 heterocycles. The molecule has 0 bridgehead atoms. The molecule has 10 nitrogen and oxygen atoms in total. The zero-order chi connectivity index (χ0) is 18.8. The Morgan fingerprint density at radius 1 is 1.20 bits per heavy atom. The Hall–Kier alpha value is -2.20. The molecule has 0 aliphatic carbocycles. The smallest absolute Gasteiger partial charge is 0.249 e. The van der Waals surface area contributed by atoms with Crippen molar-refractivity contribution in [3.63, 3.8) is 0 Å². The third kappa shape index (κ3) is 3.45. The van der Waals surface area contributed by atoms with E-state index in [-0.39, 0.29) is 25.3 Å². The van der Waals surface area contributed by atoms with Crippen molar-refractivity contribution in [3.8, 4) is 0 Å². The minimum atomic E-state index is -1.08. The monoisotopic (exact) mass is 355 g/mol. The van der Waals surface area contributed by atoms with Gasteiger partial charge in [0, 0.05) is 19.5 Å². The molecule has 0 saturated carbocycles. The van der Waals surface area contributed by atoms with E-state index in [9.17, 15) is 19.2 Å². The summed E-state index contributed by atoms with van der Waals surface area (Å²) < 4.78 is 0. The first-order valence-electron chi connectivity index (χ1n) is 8.31. The summed E-state index contributed by atoms with van der Waals surface area (Å²) in [5.74, 6) is -2.14. The van der Waals surface area contributed by atoms with Gasteiger partial charge in [-0.25, -0.2) is 0 Å². The van der Waals surface area contributed by atoms with Crippen molar-refractivity contribution in [3.05, 3.63) is 0 Å². The fourth-order valence-electron chi connectivity index (χ4n) is 3.77. The maximum absolute atomic E-state index is 13.1. The minimum Gasteiger partial charge on any atom is -0.394 e. The van der Waals surface area contributed by atoms with Crippen molar-refractivity contribution in [2.24, 2.45) is 17.2 Å². The molecule has 1 unspecified atom stereocenters. The van der Waals surface area contributed by atoms with Crippen molar-refractivity contribution in [2.75, 3.05) is 19.7 Å². The lowest BCUT2D eigenvalue weighted by molar-refractivity contribution is -0.150. The first kappa shape index (κ1) is 19.1. The van der Waals surface area contributed by atoms with Crippen molar-refractivity contribution in [2.45, 2.75) is 49.7 Å². The van der Waals surface area contributed by atoms with E-state index < -0.39 is 42.0 Å². The molecule has 2 aliphatic rings. The fraction of sp³-hybridized carbons (Fsp3) is 0.733. The van der Waals surface area contributed by atoms with E-state index in [1.807, 2.05) is 0 Å². The van der Waals surface area contributed by atoms with E-state index in [2.05, 4.69) is 0 Å². The van der Waals surface area contributed by atoms with Crippen LogP contribution in [0.4, 0.5) is 0 Å². The number of carbonyl (C=O) groups is 4. The van der Waals surface area contributed by atoms with Gasteiger partial charge in [0.25, 0.3) is 0 Å². The Bertz CT molecular complexity index is 583. The molecule has 2 rings (SSSR count). The summed E-state index contributed by atoms with van der Waals surface area (Å²) in [4.78, 5) is 51.0. The summed E-state index contributed by atoms with van der Waals surface area (Å²) in [6.07, 6.45) is 1.44. The predicted molar refractivity (Wildman–Crippen MR) is 86.5 cm³/mol. The zero-order valence-electron chi connectivity index (χ0n) is 14.0. The Morgan fingerprint density at radius 3 is 2.44 bits per heavy atom. The second-order valence-corrected chi connectivity index (χ2v) is 6.59. The summed E-state index contributed by atoms with van der Waals surface area (Å²) in [5, 5.41) is 9.12. The lowest BCUT2D eigenvalue weighted by Gasteiger charge is -2.35. The van der Waals surface area contributed by atoms with E-state index >= 15 is 0 Å². The molecule has 140 valence electrons. The molecule has 3 atom stereocenters. The van der Waals surface area contributed by atoms with Gasteiger partial charge in [-0.2, -0.15) is 0 Å². The lowest BCUT2D eigenvalue weighted by atomic mass is 9.93. The molecule has 0 aromatic carbocycles. The molecule has 2 fully saturated rings. The van der Waals surface area contributed by atoms with Gasteiger partial charge in [0.15, 0.2) is 0 Å². The van der Waals surface area contributed by atoms with Crippen LogP contribution in [0.2, 0.25) is 0 Å². The van der Waals surface area contributed by atoms with Crippen molar-refractivity contribution >= 4 is 23.6 Å². The summed E-state index contributed by atoms with van der Waals surface area (Å²) in [7, 11) is 0. The van der Waals surface area contributed by atoms with Gasteiger partial charge in [-0.3, -0.25) is 19.2 Å². The van der Waals surface area contributed by atoms with Gasteiger partial charge in [-0.15, -0.1) is 0 Å². The standard InChI is InChI=1S/C15H25N5O5/c16-9(8-21)13(24)20-6-1-4-15(20)5-7-19(14(15)25)10(12(18)23)2-3-11(17)22/h9-10,21H,1-8,16H2,(H2,17,22)(H2,18,23)/t9-,10-,15?/m0/s1. The number of aliphatic hydroxyl groups excluding tert-OH is 1. The molecule has 0 aromatic rings. The number of carbonyl (C=O) groups excluding carboxylic acids is 4. The second kappa shape index (κ2) is 7.36. The number of aliphatic hydroxyl groups is 1. The molecule has 1 spiro atoms. The van der Waals surface area contributed by atoms with Gasteiger partial charge in [0.1, 0.15) is 17.6 Å². The molecule has 25 heavy (non-hydrogen) atoms. The largest absolute Gasteiger partial charge is 0.394 e. The van der Waals surface area contributed by atoms with Crippen LogP contribution in [-0.2, 0) is 19.2 Å². The molecule has 2 saturated heterocycles. The molecule has 2 aliphatic heterocycles.